The molecule has 0 aliphatic rings. The summed E-state index contributed by atoms with van der Waals surface area (Å²) in [4.78, 5) is 91.5. The highest BCUT2D eigenvalue weighted by Crippen LogP contribution is 2.41. The number of carbonyl (C=O) groups is 5. The summed E-state index contributed by atoms with van der Waals surface area (Å²) in [7, 11) is 8.25. The zero-order valence-electron chi connectivity index (χ0n) is 73.4. The monoisotopic (exact) mass is 1980 g/mol. The summed E-state index contributed by atoms with van der Waals surface area (Å²) in [5.74, 6) is -2.42. The van der Waals surface area contributed by atoms with Gasteiger partial charge in [0.05, 0.1) is 51.6 Å². The van der Waals surface area contributed by atoms with Gasteiger partial charge in [-0.05, 0) is 152 Å². The number of para-hydroxylation sites is 1. The average molecular weight is 1980 g/mol. The van der Waals surface area contributed by atoms with Crippen LogP contribution in [0.15, 0.2) is 224 Å². The maximum atomic E-state index is 13.1. The zero-order chi connectivity index (χ0) is 103. The molecule has 0 radical (unpaired) electrons. The number of methoxy groups -OCH3 is 1. The van der Waals surface area contributed by atoms with E-state index in [9.17, 15) is 113 Å². The number of nitrogens with one attached hydrogen (secondary N) is 5. The highest BCUT2D eigenvalue weighted by atomic mass is 19.4. The van der Waals surface area contributed by atoms with Crippen LogP contribution < -0.4 is 60.0 Å². The fourth-order valence-electron chi connectivity index (χ4n) is 13.1. The molecule has 52 heteroatoms. The second-order valence-electron chi connectivity index (χ2n) is 29.6. The van der Waals surface area contributed by atoms with Gasteiger partial charge in [-0.3, -0.25) is 57.5 Å². The molecule has 34 nitrogen and oxygen atoms in total. The molecule has 734 valence electrons. The van der Waals surface area contributed by atoms with Gasteiger partial charge in [0, 0.05) is 86.7 Å². The standard InChI is InChI=1S/C19H18F3N5O.C18H13F6N5O.C18H16F3N5O2.C17H13F3N6O3.C17H14F3N5O/c1-27-14(11-15(26-27)19(20,21)22)13-8-9-16(25-18(13)23)24-17(28)10-7-12-5-3-2-4-6-12;1-29-12(8-13(28-29)18(22,23)24)10-6-7-14(26-15(10)25)27-16(30)9-4-2-3-5-11(9)17(19,20)21;1-26-13(9-14(25-26)18(19,20)21)12-6-7-15(23-16(12)22)24-17(27)10-4-3-5-11(8-10)28-2;1-25-12(8-13(24-25)17(18,19)20)9-6-7-14(22-15(9)21)23-16(27)10-4-2-3-5-11(10)26(28)29;1-25-12(9-13(24-25)17(18,19)20)11-7-8-14(22-15(11)21)23-16(26)10-5-3-2-4-6-10/h2-6,8-9,11H,7,10H2,1H3,(H3,23,24,25,28);2-8H,1H3,(H3,25,26,27,30);3-9H,1-2H3,(H3,22,23,24,27);2-8H,1H3,(H3,21,22,23,27);2-9H,1H3,(H3,21,22,23,26). The van der Waals surface area contributed by atoms with E-state index in [0.717, 1.165) is 77.5 Å². The minimum absolute atomic E-state index is 0.00224. The first-order valence-corrected chi connectivity index (χ1v) is 40.2. The molecular weight excluding hydrogens is 1900 g/mol. The predicted octanol–water partition coefficient (Wildman–Crippen LogP) is 17.9. The summed E-state index contributed by atoms with van der Waals surface area (Å²) >= 11 is 0. The number of nitrogen functional groups attached to an aromatic ring is 5. The van der Waals surface area contributed by atoms with Crippen LogP contribution in [0.2, 0.25) is 0 Å². The van der Waals surface area contributed by atoms with Gasteiger partial charge >= 0.3 is 37.1 Å². The van der Waals surface area contributed by atoms with Crippen LogP contribution in [0.4, 0.5) is 143 Å². The van der Waals surface area contributed by atoms with E-state index in [1.54, 1.807) is 54.6 Å². The lowest BCUT2D eigenvalue weighted by Crippen LogP contribution is -2.19. The summed E-state index contributed by atoms with van der Waals surface area (Å²) in [6.45, 7) is 0. The Morgan fingerprint density at radius 3 is 0.929 bits per heavy atom. The van der Waals surface area contributed by atoms with Crippen molar-refractivity contribution in [1.29, 1.82) is 0 Å². The Kier molecular flexibility index (Phi) is 31.3. The lowest BCUT2D eigenvalue weighted by atomic mass is 10.1. The zero-order valence-corrected chi connectivity index (χ0v) is 73.4. The van der Waals surface area contributed by atoms with E-state index >= 15 is 0 Å². The molecule has 5 aromatic carbocycles. The minimum atomic E-state index is -4.74. The van der Waals surface area contributed by atoms with Gasteiger partial charge in [0.1, 0.15) is 69.5 Å². The highest BCUT2D eigenvalue weighted by molar-refractivity contribution is 6.08. The normalized spacial score (nSPS) is 11.5. The molecule has 5 amide bonds. The van der Waals surface area contributed by atoms with Gasteiger partial charge < -0.3 is 60.0 Å². The number of hydrogen-bond acceptors (Lipinski definition) is 23. The molecule has 0 aliphatic heterocycles. The number of hydrogen-bond donors (Lipinski definition) is 10. The van der Waals surface area contributed by atoms with Crippen LogP contribution in [0.25, 0.3) is 56.3 Å². The van der Waals surface area contributed by atoms with Crippen molar-refractivity contribution in [2.45, 2.75) is 49.9 Å². The quantitative estimate of drug-likeness (QED) is 0.0204. The Labute approximate surface area is 782 Å². The predicted molar refractivity (Wildman–Crippen MR) is 478 cm³/mol. The molecule has 15 rings (SSSR count). The lowest BCUT2D eigenvalue weighted by Gasteiger charge is -2.13. The van der Waals surface area contributed by atoms with E-state index in [1.165, 1.54) is 133 Å². The summed E-state index contributed by atoms with van der Waals surface area (Å²) in [5, 5.41) is 40.6. The molecule has 15 N–H and O–H groups in total. The molecule has 0 bridgehead atoms. The van der Waals surface area contributed by atoms with Gasteiger partial charge in [-0.25, -0.2) is 24.9 Å². The molecule has 15 aromatic rings. The van der Waals surface area contributed by atoms with Gasteiger partial charge in [0.25, 0.3) is 29.3 Å². The van der Waals surface area contributed by atoms with E-state index in [2.05, 4.69) is 77.0 Å². The minimum Gasteiger partial charge on any atom is -0.497 e. The third kappa shape index (κ3) is 26.5. The Hall–Kier alpha value is -17.8. The molecule has 0 saturated heterocycles. The largest absolute Gasteiger partial charge is 0.497 e. The molecular formula is C89H74F18N26O8. The van der Waals surface area contributed by atoms with E-state index in [-0.39, 0.29) is 138 Å². The Balaban J connectivity index is 0.000000169. The lowest BCUT2D eigenvalue weighted by molar-refractivity contribution is -0.385. The summed E-state index contributed by atoms with van der Waals surface area (Å²) in [6, 6.07) is 52.5. The van der Waals surface area contributed by atoms with Crippen LogP contribution in [0, 0.1) is 10.1 Å². The number of nitrogens with two attached hydrogens (primary N) is 5. The number of aryl methyl sites for hydroxylation is 6. The smallest absolute Gasteiger partial charge is 0.435 e. The van der Waals surface area contributed by atoms with Gasteiger partial charge in [-0.1, -0.05) is 78.9 Å². The number of aromatic nitrogens is 15. The van der Waals surface area contributed by atoms with Gasteiger partial charge in [0.2, 0.25) is 5.91 Å². The molecule has 10 aromatic heterocycles. The maximum Gasteiger partial charge on any atom is 0.435 e. The van der Waals surface area contributed by atoms with Crippen LogP contribution in [-0.4, -0.2) is 115 Å². The van der Waals surface area contributed by atoms with Crippen molar-refractivity contribution in [3.8, 4) is 62.0 Å². The first kappa shape index (κ1) is 104. The van der Waals surface area contributed by atoms with Crippen molar-refractivity contribution in [3.63, 3.8) is 0 Å². The second kappa shape index (κ2) is 42.6. The van der Waals surface area contributed by atoms with Crippen LogP contribution in [0.5, 0.6) is 5.75 Å². The molecule has 0 fully saturated rings. The topological polar surface area (TPSA) is 482 Å². The van der Waals surface area contributed by atoms with E-state index in [4.69, 9.17) is 33.4 Å². The number of carbonyl (C=O) groups excluding carboxylic acids is 5. The number of alkyl halides is 18. The summed E-state index contributed by atoms with van der Waals surface area (Å²) in [5.41, 5.74) is 25.3. The van der Waals surface area contributed by atoms with Crippen molar-refractivity contribution in [2.24, 2.45) is 35.2 Å². The van der Waals surface area contributed by atoms with Gasteiger partial charge in [-0.2, -0.15) is 105 Å². The number of ether oxygens (including phenoxy) is 1. The Morgan fingerprint density at radius 2 is 0.617 bits per heavy atom. The fourth-order valence-corrected chi connectivity index (χ4v) is 13.1. The van der Waals surface area contributed by atoms with Gasteiger partial charge in [-0.15, -0.1) is 0 Å². The number of nitro groups is 1. The first-order chi connectivity index (χ1) is 66.1. The van der Waals surface area contributed by atoms with Crippen LogP contribution in [-0.2, 0) is 83.5 Å². The van der Waals surface area contributed by atoms with Crippen LogP contribution in [0.1, 0.15) is 87.4 Å². The van der Waals surface area contributed by atoms with Crippen molar-refractivity contribution < 1.29 is 113 Å². The second-order valence-corrected chi connectivity index (χ2v) is 29.6. The SMILES string of the molecule is COc1cccc(C(=O)Nc2ccc(-c3cc(C(F)(F)F)nn3C)c(N)n2)c1.Cn1nc(C(F)(F)F)cc1-c1ccc(NC(=O)CCc2ccccc2)nc1N.Cn1nc(C(F)(F)F)cc1-c1ccc(NC(=O)c2ccccc2)nc1N.Cn1nc(C(F)(F)F)cc1-c1ccc(NC(=O)c2ccccc2C(F)(F)F)nc1N.Cn1nc(C(F)(F)F)cc1-c1ccc(NC(=O)c2ccccc2[N+](=O)[O-])nc1N. The van der Waals surface area contributed by atoms with E-state index in [1.807, 2.05) is 30.3 Å². The van der Waals surface area contributed by atoms with Crippen molar-refractivity contribution in [2.75, 3.05) is 62.4 Å². The number of pyridine rings is 5. The number of anilines is 10. The average Bonchev–Trinajstić information content (AvgIpc) is 1.67. The van der Waals surface area contributed by atoms with Crippen molar-refractivity contribution >= 4 is 93.4 Å². The summed E-state index contributed by atoms with van der Waals surface area (Å²) < 4.78 is 242. The highest BCUT2D eigenvalue weighted by Gasteiger charge is 2.41. The van der Waals surface area contributed by atoms with Crippen molar-refractivity contribution in [1.82, 2.24) is 73.8 Å². The summed E-state index contributed by atoms with van der Waals surface area (Å²) in [6.07, 6.45) is -26.8. The molecule has 0 aliphatic carbocycles. The molecule has 10 heterocycles. The fraction of sp³-hybridized carbons (Fsp3) is 0.157. The number of benzene rings is 5. The molecule has 0 atom stereocenters. The number of halogens is 18. The number of amides is 5. The Bertz CT molecular complexity index is 7120. The third-order valence-electron chi connectivity index (χ3n) is 19.8. The number of nitro benzene ring substituents is 1. The van der Waals surface area contributed by atoms with E-state index in [0.29, 0.717) is 28.9 Å². The van der Waals surface area contributed by atoms with Gasteiger partial charge in [0.15, 0.2) is 28.5 Å². The Morgan fingerprint density at radius 1 is 0.333 bits per heavy atom. The maximum absolute atomic E-state index is 13.1. The first-order valence-electron chi connectivity index (χ1n) is 40.2. The number of nitrogens with zero attached hydrogens (tertiary/aromatic N) is 16. The third-order valence-corrected chi connectivity index (χ3v) is 19.8. The molecule has 141 heavy (non-hydrogen) atoms. The molecule has 0 unspecified atom stereocenters. The van der Waals surface area contributed by atoms with Crippen LogP contribution in [0.3, 0.4) is 0 Å². The van der Waals surface area contributed by atoms with E-state index < -0.39 is 99.3 Å². The molecule has 0 saturated carbocycles. The number of rotatable bonds is 19. The molecule has 0 spiro atoms. The van der Waals surface area contributed by atoms with Crippen molar-refractivity contribution in [3.05, 3.63) is 296 Å². The van der Waals surface area contributed by atoms with Crippen LogP contribution >= 0.6 is 0 Å².